The van der Waals surface area contributed by atoms with Gasteiger partial charge in [-0.25, -0.2) is 4.79 Å². The number of imide groups is 1. The van der Waals surface area contributed by atoms with E-state index in [2.05, 4.69) is 10.6 Å². The molecule has 4 amide bonds. The maximum atomic E-state index is 12.5. The highest BCUT2D eigenvalue weighted by molar-refractivity contribution is 6.08. The summed E-state index contributed by atoms with van der Waals surface area (Å²) in [6.45, 7) is 8.23. The van der Waals surface area contributed by atoms with Crippen molar-refractivity contribution in [3.8, 4) is 0 Å². The highest BCUT2D eigenvalue weighted by Gasteiger charge is 2.49. The summed E-state index contributed by atoms with van der Waals surface area (Å²) >= 11 is 0. The third kappa shape index (κ3) is 4.16. The van der Waals surface area contributed by atoms with Gasteiger partial charge in [-0.3, -0.25) is 19.3 Å². The van der Waals surface area contributed by atoms with Gasteiger partial charge in [0.25, 0.3) is 11.8 Å². The number of hydrogen-bond donors (Lipinski definition) is 2. The summed E-state index contributed by atoms with van der Waals surface area (Å²) in [7, 11) is 0. The average Bonchev–Trinajstić information content (AvgIpc) is 2.89. The van der Waals surface area contributed by atoms with E-state index < -0.39 is 42.0 Å². The SMILES string of the molecule is CCC1(CC)NC(=O)N(CC(=O)O[C@@H](C)C(=O)Nc2c(C)cccc2C)C1=O. The molecule has 28 heavy (non-hydrogen) atoms. The van der Waals surface area contributed by atoms with E-state index in [1.807, 2.05) is 32.0 Å². The number of aryl methyl sites for hydroxylation is 2. The van der Waals surface area contributed by atoms with Crippen molar-refractivity contribution in [1.82, 2.24) is 10.2 Å². The van der Waals surface area contributed by atoms with Crippen molar-refractivity contribution in [3.05, 3.63) is 29.3 Å². The highest BCUT2D eigenvalue weighted by Crippen LogP contribution is 2.25. The van der Waals surface area contributed by atoms with Crippen LogP contribution in [0.3, 0.4) is 0 Å². The van der Waals surface area contributed by atoms with E-state index >= 15 is 0 Å². The molecule has 0 aliphatic carbocycles. The quantitative estimate of drug-likeness (QED) is 0.550. The Kier molecular flexibility index (Phi) is 6.43. The van der Waals surface area contributed by atoms with Crippen molar-refractivity contribution in [2.45, 2.75) is 59.1 Å². The molecule has 1 fully saturated rings. The van der Waals surface area contributed by atoms with Crippen molar-refractivity contribution < 1.29 is 23.9 Å². The lowest BCUT2D eigenvalue weighted by Crippen LogP contribution is -2.46. The normalized spacial score (nSPS) is 16.5. The fourth-order valence-corrected chi connectivity index (χ4v) is 3.20. The van der Waals surface area contributed by atoms with Crippen LogP contribution in [0.2, 0.25) is 0 Å². The molecule has 1 aliphatic heterocycles. The van der Waals surface area contributed by atoms with Gasteiger partial charge in [0.2, 0.25) is 0 Å². The molecule has 1 saturated heterocycles. The number of para-hydroxylation sites is 1. The average molecular weight is 389 g/mol. The lowest BCUT2D eigenvalue weighted by molar-refractivity contribution is -0.155. The van der Waals surface area contributed by atoms with Crippen LogP contribution in [0.25, 0.3) is 0 Å². The third-order valence-electron chi connectivity index (χ3n) is 5.15. The van der Waals surface area contributed by atoms with Gasteiger partial charge in [0.15, 0.2) is 6.10 Å². The van der Waals surface area contributed by atoms with Crippen LogP contribution in [0.1, 0.15) is 44.7 Å². The number of carbonyl (C=O) groups is 4. The van der Waals surface area contributed by atoms with Crippen LogP contribution in [0.4, 0.5) is 10.5 Å². The van der Waals surface area contributed by atoms with Crippen LogP contribution in [0, 0.1) is 13.8 Å². The van der Waals surface area contributed by atoms with Gasteiger partial charge in [-0.1, -0.05) is 32.0 Å². The Morgan fingerprint density at radius 2 is 1.75 bits per heavy atom. The predicted molar refractivity (Wildman–Crippen MR) is 104 cm³/mol. The number of ether oxygens (including phenoxy) is 1. The fourth-order valence-electron chi connectivity index (χ4n) is 3.20. The molecule has 0 spiro atoms. The number of rotatable bonds is 7. The Morgan fingerprint density at radius 3 is 2.25 bits per heavy atom. The number of urea groups is 1. The van der Waals surface area contributed by atoms with E-state index in [1.54, 1.807) is 13.8 Å². The van der Waals surface area contributed by atoms with E-state index in [-0.39, 0.29) is 0 Å². The number of hydrogen-bond acceptors (Lipinski definition) is 5. The Bertz CT molecular complexity index is 781. The van der Waals surface area contributed by atoms with Gasteiger partial charge in [-0.15, -0.1) is 0 Å². The van der Waals surface area contributed by atoms with Gasteiger partial charge in [0.05, 0.1) is 0 Å². The minimum Gasteiger partial charge on any atom is -0.451 e. The maximum Gasteiger partial charge on any atom is 0.327 e. The number of carbonyl (C=O) groups excluding carboxylic acids is 4. The Hall–Kier alpha value is -2.90. The minimum absolute atomic E-state index is 0.425. The first-order valence-electron chi connectivity index (χ1n) is 9.35. The molecule has 0 aromatic heterocycles. The summed E-state index contributed by atoms with van der Waals surface area (Å²) in [5.41, 5.74) is 1.46. The number of nitrogens with zero attached hydrogens (tertiary/aromatic N) is 1. The summed E-state index contributed by atoms with van der Waals surface area (Å²) in [4.78, 5) is 50.0. The molecule has 1 aromatic rings. The number of nitrogens with one attached hydrogen (secondary N) is 2. The molecule has 1 heterocycles. The second-order valence-corrected chi connectivity index (χ2v) is 7.00. The van der Waals surface area contributed by atoms with Gasteiger partial charge in [0, 0.05) is 5.69 Å². The first-order valence-corrected chi connectivity index (χ1v) is 9.35. The lowest BCUT2D eigenvalue weighted by atomic mass is 9.93. The Labute approximate surface area is 164 Å². The number of benzene rings is 1. The van der Waals surface area contributed by atoms with Crippen molar-refractivity contribution in [2.24, 2.45) is 0 Å². The van der Waals surface area contributed by atoms with E-state index in [1.165, 1.54) is 6.92 Å². The third-order valence-corrected chi connectivity index (χ3v) is 5.15. The molecular weight excluding hydrogens is 362 g/mol. The molecule has 0 saturated carbocycles. The molecule has 1 aliphatic rings. The van der Waals surface area contributed by atoms with Gasteiger partial charge in [0.1, 0.15) is 12.1 Å². The molecule has 1 aromatic carbocycles. The summed E-state index contributed by atoms with van der Waals surface area (Å²) in [5, 5.41) is 5.39. The summed E-state index contributed by atoms with van der Waals surface area (Å²) in [6, 6.07) is 4.99. The number of esters is 1. The molecule has 2 rings (SSSR count). The zero-order chi connectivity index (χ0) is 21.1. The zero-order valence-corrected chi connectivity index (χ0v) is 16.9. The van der Waals surface area contributed by atoms with E-state index in [0.717, 1.165) is 16.0 Å². The van der Waals surface area contributed by atoms with Crippen LogP contribution in [-0.2, 0) is 19.1 Å². The van der Waals surface area contributed by atoms with Crippen molar-refractivity contribution in [3.63, 3.8) is 0 Å². The topological polar surface area (TPSA) is 105 Å². The Morgan fingerprint density at radius 1 is 1.18 bits per heavy atom. The standard InChI is InChI=1S/C20H27N3O5/c1-6-20(7-2)18(26)23(19(27)22-20)11-15(24)28-14(5)17(25)21-16-12(3)9-8-10-13(16)4/h8-10,14H,6-7,11H2,1-5H3,(H,21,25)(H,22,27)/t14-/m0/s1. The minimum atomic E-state index is -1.07. The van der Waals surface area contributed by atoms with Crippen LogP contribution >= 0.6 is 0 Å². The van der Waals surface area contributed by atoms with Gasteiger partial charge in [-0.2, -0.15) is 0 Å². The molecular formula is C20H27N3O5. The smallest absolute Gasteiger partial charge is 0.327 e. The summed E-state index contributed by atoms with van der Waals surface area (Å²) in [6.07, 6.45) is -0.225. The molecule has 1 atom stereocenters. The van der Waals surface area contributed by atoms with Crippen molar-refractivity contribution in [1.29, 1.82) is 0 Å². The first kappa shape index (κ1) is 21.4. The van der Waals surface area contributed by atoms with Crippen molar-refractivity contribution >= 4 is 29.5 Å². The van der Waals surface area contributed by atoms with Gasteiger partial charge < -0.3 is 15.4 Å². The van der Waals surface area contributed by atoms with Gasteiger partial charge in [-0.05, 0) is 44.7 Å². The molecule has 8 nitrogen and oxygen atoms in total. The molecule has 8 heteroatoms. The predicted octanol–water partition coefficient (Wildman–Crippen LogP) is 2.28. The van der Waals surface area contributed by atoms with Crippen LogP contribution in [0.15, 0.2) is 18.2 Å². The number of anilines is 1. The second kappa shape index (κ2) is 8.41. The van der Waals surface area contributed by atoms with Crippen LogP contribution < -0.4 is 10.6 Å². The number of amides is 4. The van der Waals surface area contributed by atoms with Gasteiger partial charge >= 0.3 is 12.0 Å². The largest absolute Gasteiger partial charge is 0.451 e. The summed E-state index contributed by atoms with van der Waals surface area (Å²) < 4.78 is 5.13. The molecule has 0 radical (unpaired) electrons. The first-order chi connectivity index (χ1) is 13.1. The fraction of sp³-hybridized carbons (Fsp3) is 0.500. The molecule has 152 valence electrons. The molecule has 2 N–H and O–H groups in total. The second-order valence-electron chi connectivity index (χ2n) is 7.00. The van der Waals surface area contributed by atoms with Crippen LogP contribution in [0.5, 0.6) is 0 Å². The summed E-state index contributed by atoms with van der Waals surface area (Å²) in [5.74, 6) is -1.76. The Balaban J connectivity index is 1.98. The van der Waals surface area contributed by atoms with E-state index in [4.69, 9.17) is 4.74 Å². The highest BCUT2D eigenvalue weighted by atomic mass is 16.5. The zero-order valence-electron chi connectivity index (χ0n) is 16.9. The lowest BCUT2D eigenvalue weighted by Gasteiger charge is -2.23. The molecule has 0 bridgehead atoms. The van der Waals surface area contributed by atoms with Crippen LogP contribution in [-0.4, -0.2) is 46.9 Å². The van der Waals surface area contributed by atoms with Crippen molar-refractivity contribution in [2.75, 3.05) is 11.9 Å². The van der Waals surface area contributed by atoms with E-state index in [9.17, 15) is 19.2 Å². The maximum absolute atomic E-state index is 12.5. The monoisotopic (exact) mass is 389 g/mol. The van der Waals surface area contributed by atoms with E-state index in [0.29, 0.717) is 18.5 Å². The molecule has 0 unspecified atom stereocenters.